The first-order valence-corrected chi connectivity index (χ1v) is 8.17. The zero-order chi connectivity index (χ0) is 15.3. The molecule has 4 heteroatoms. The first-order chi connectivity index (χ1) is 10.6. The molecule has 5 rings (SSSR count). The highest BCUT2D eigenvalue weighted by Gasteiger charge is 2.52. The van der Waals surface area contributed by atoms with Gasteiger partial charge in [-0.2, -0.15) is 5.10 Å². The predicted octanol–water partition coefficient (Wildman–Crippen LogP) is 2.02. The average molecular weight is 296 g/mol. The number of carbonyl (C=O) groups is 1. The van der Waals surface area contributed by atoms with Crippen molar-refractivity contribution in [3.8, 4) is 0 Å². The molecule has 0 spiro atoms. The van der Waals surface area contributed by atoms with Gasteiger partial charge in [0.15, 0.2) is 5.78 Å². The molecular formula is C18H22N3O. The van der Waals surface area contributed by atoms with Gasteiger partial charge in [0.1, 0.15) is 0 Å². The molecule has 0 aromatic rings. The van der Waals surface area contributed by atoms with Crippen LogP contribution in [0.15, 0.2) is 16.9 Å². The Morgan fingerprint density at radius 3 is 2.50 bits per heavy atom. The number of hydrogen-bond acceptors (Lipinski definition) is 4. The quantitative estimate of drug-likeness (QED) is 0.748. The summed E-state index contributed by atoms with van der Waals surface area (Å²) in [5, 5.41) is 7.06. The van der Waals surface area contributed by atoms with Crippen molar-refractivity contribution in [2.45, 2.75) is 38.8 Å². The number of allylic oxidation sites excluding steroid dienone is 2. The zero-order valence-electron chi connectivity index (χ0n) is 13.2. The summed E-state index contributed by atoms with van der Waals surface area (Å²) in [4.78, 5) is 14.1. The van der Waals surface area contributed by atoms with Crippen LogP contribution in [-0.2, 0) is 4.79 Å². The Kier molecular flexibility index (Phi) is 3.60. The average Bonchev–Trinajstić information content (AvgIpc) is 3.15. The predicted molar refractivity (Wildman–Crippen MR) is 86.0 cm³/mol. The van der Waals surface area contributed by atoms with E-state index < -0.39 is 0 Å². The summed E-state index contributed by atoms with van der Waals surface area (Å²) in [5.41, 5.74) is 2.28. The molecule has 5 radical (unpaired) electrons. The SMILES string of the molecule is CC(=O)/C=C(\C)N1N=C2C3CCN(CC3)C2C1[C]1[CH][CH][CH][CH]1. The van der Waals surface area contributed by atoms with Gasteiger partial charge in [0.2, 0.25) is 0 Å². The summed E-state index contributed by atoms with van der Waals surface area (Å²) >= 11 is 0. The van der Waals surface area contributed by atoms with Crippen LogP contribution in [0.3, 0.4) is 0 Å². The minimum absolute atomic E-state index is 0.0807. The lowest BCUT2D eigenvalue weighted by Gasteiger charge is -2.47. The number of fused-ring (bicyclic) bond motifs is 2. The molecule has 4 nitrogen and oxygen atoms in total. The second-order valence-electron chi connectivity index (χ2n) is 6.68. The smallest absolute Gasteiger partial charge is 0.154 e. The summed E-state index contributed by atoms with van der Waals surface area (Å²) in [6, 6.07) is 0.592. The molecule has 0 amide bonds. The van der Waals surface area contributed by atoms with E-state index in [9.17, 15) is 4.79 Å². The Morgan fingerprint density at radius 1 is 1.18 bits per heavy atom. The van der Waals surface area contributed by atoms with Crippen molar-refractivity contribution in [2.24, 2.45) is 11.0 Å². The van der Waals surface area contributed by atoms with Gasteiger partial charge in [0.25, 0.3) is 0 Å². The van der Waals surface area contributed by atoms with Crippen LogP contribution in [0.5, 0.6) is 0 Å². The maximum absolute atomic E-state index is 11.5. The Labute approximate surface area is 133 Å². The van der Waals surface area contributed by atoms with Gasteiger partial charge >= 0.3 is 0 Å². The van der Waals surface area contributed by atoms with Crippen LogP contribution in [-0.4, -0.2) is 46.6 Å². The molecule has 3 saturated heterocycles. The van der Waals surface area contributed by atoms with Gasteiger partial charge in [-0.15, -0.1) is 0 Å². The molecule has 4 heterocycles. The van der Waals surface area contributed by atoms with Gasteiger partial charge in [-0.05, 0) is 65.5 Å². The van der Waals surface area contributed by atoms with Gasteiger partial charge < -0.3 is 0 Å². The maximum atomic E-state index is 11.5. The van der Waals surface area contributed by atoms with Crippen LogP contribution in [0.4, 0.5) is 0 Å². The fourth-order valence-electron chi connectivity index (χ4n) is 4.29. The number of rotatable bonds is 3. The number of piperidine rings is 3. The molecule has 115 valence electrons. The van der Waals surface area contributed by atoms with E-state index in [0.29, 0.717) is 12.0 Å². The first-order valence-electron chi connectivity index (χ1n) is 8.17. The molecule has 1 aliphatic carbocycles. The van der Waals surface area contributed by atoms with E-state index in [4.69, 9.17) is 5.10 Å². The van der Waals surface area contributed by atoms with E-state index in [0.717, 1.165) is 5.70 Å². The van der Waals surface area contributed by atoms with E-state index in [2.05, 4.69) is 35.6 Å². The second kappa shape index (κ2) is 5.48. The van der Waals surface area contributed by atoms with Crippen molar-refractivity contribution >= 4 is 11.5 Å². The Morgan fingerprint density at radius 2 is 1.86 bits per heavy atom. The molecular weight excluding hydrogens is 274 g/mol. The Hall–Kier alpha value is -1.16. The number of nitrogens with zero attached hydrogens (tertiary/aromatic N) is 3. The zero-order valence-corrected chi connectivity index (χ0v) is 13.2. The van der Waals surface area contributed by atoms with Crippen molar-refractivity contribution in [1.29, 1.82) is 0 Å². The van der Waals surface area contributed by atoms with Crippen LogP contribution < -0.4 is 0 Å². The third-order valence-corrected chi connectivity index (χ3v) is 5.23. The highest BCUT2D eigenvalue weighted by atomic mass is 16.1. The molecule has 2 unspecified atom stereocenters. The van der Waals surface area contributed by atoms with Gasteiger partial charge in [0.05, 0.1) is 17.8 Å². The summed E-state index contributed by atoms with van der Waals surface area (Å²) in [7, 11) is 0. The van der Waals surface area contributed by atoms with Gasteiger partial charge in [-0.3, -0.25) is 14.7 Å². The number of ketones is 1. The summed E-state index contributed by atoms with van der Waals surface area (Å²) in [6.45, 7) is 5.95. The molecule has 2 atom stereocenters. The molecule has 4 fully saturated rings. The summed E-state index contributed by atoms with van der Waals surface area (Å²) in [5.74, 6) is 2.01. The second-order valence-corrected chi connectivity index (χ2v) is 6.68. The van der Waals surface area contributed by atoms with Crippen molar-refractivity contribution in [1.82, 2.24) is 9.91 Å². The Balaban J connectivity index is 1.70. The fourth-order valence-corrected chi connectivity index (χ4v) is 4.29. The highest BCUT2D eigenvalue weighted by Crippen LogP contribution is 2.44. The molecule has 22 heavy (non-hydrogen) atoms. The lowest BCUT2D eigenvalue weighted by Crippen LogP contribution is -2.60. The first kappa shape index (κ1) is 14.4. The molecule has 2 bridgehead atoms. The molecule has 4 aliphatic heterocycles. The molecule has 0 aromatic carbocycles. The van der Waals surface area contributed by atoms with Crippen molar-refractivity contribution in [2.75, 3.05) is 13.1 Å². The minimum atomic E-state index is 0.0807. The highest BCUT2D eigenvalue weighted by molar-refractivity contribution is 5.96. The molecule has 0 N–H and O–H groups in total. The van der Waals surface area contributed by atoms with Gasteiger partial charge in [-0.1, -0.05) is 0 Å². The van der Waals surface area contributed by atoms with Crippen LogP contribution in [0.1, 0.15) is 26.7 Å². The van der Waals surface area contributed by atoms with E-state index in [1.54, 1.807) is 13.0 Å². The summed E-state index contributed by atoms with van der Waals surface area (Å²) in [6.07, 6.45) is 12.7. The fraction of sp³-hybridized carbons (Fsp3) is 0.500. The lowest BCUT2D eigenvalue weighted by atomic mass is 9.76. The molecule has 5 aliphatic rings. The molecule has 1 saturated carbocycles. The normalized spacial score (nSPS) is 38.4. The lowest BCUT2D eigenvalue weighted by molar-refractivity contribution is -0.112. The Bertz CT molecular complexity index is 524. The van der Waals surface area contributed by atoms with E-state index in [1.807, 2.05) is 6.92 Å². The number of carbonyl (C=O) groups excluding carboxylic acids is 1. The largest absolute Gasteiger partial charge is 0.295 e. The minimum Gasteiger partial charge on any atom is -0.295 e. The number of hydrogen-bond donors (Lipinski definition) is 0. The third kappa shape index (κ3) is 2.23. The van der Waals surface area contributed by atoms with Crippen LogP contribution in [0.25, 0.3) is 0 Å². The maximum Gasteiger partial charge on any atom is 0.154 e. The van der Waals surface area contributed by atoms with Crippen molar-refractivity contribution in [3.05, 3.63) is 43.4 Å². The van der Waals surface area contributed by atoms with Crippen molar-refractivity contribution < 1.29 is 4.79 Å². The third-order valence-electron chi connectivity index (χ3n) is 5.23. The topological polar surface area (TPSA) is 35.9 Å². The van der Waals surface area contributed by atoms with E-state index in [-0.39, 0.29) is 11.8 Å². The number of hydrazone groups is 1. The standard InChI is InChI=1S/C18H22N3O/c1-12(11-13(2)22)21-17(15-5-3-4-6-15)18-16(19-21)14-7-9-20(18)10-8-14/h3-6,11,14,17-18H,7-10H2,1-2H3/b12-11+. The van der Waals surface area contributed by atoms with E-state index >= 15 is 0 Å². The van der Waals surface area contributed by atoms with Crippen molar-refractivity contribution in [3.63, 3.8) is 0 Å². The van der Waals surface area contributed by atoms with Crippen LogP contribution in [0, 0.1) is 37.5 Å². The van der Waals surface area contributed by atoms with Crippen LogP contribution >= 0.6 is 0 Å². The van der Waals surface area contributed by atoms with Gasteiger partial charge in [0, 0.05) is 23.6 Å². The van der Waals surface area contributed by atoms with E-state index in [1.165, 1.54) is 37.6 Å². The monoisotopic (exact) mass is 296 g/mol. The molecule has 0 aromatic heterocycles. The van der Waals surface area contributed by atoms with Crippen LogP contribution in [0.2, 0.25) is 0 Å². The summed E-state index contributed by atoms with van der Waals surface area (Å²) < 4.78 is 0. The van der Waals surface area contributed by atoms with Gasteiger partial charge in [-0.25, -0.2) is 0 Å².